The van der Waals surface area contributed by atoms with E-state index in [1.54, 1.807) is 0 Å². The third-order valence-corrected chi connectivity index (χ3v) is 3.25. The molecule has 0 radical (unpaired) electrons. The molecule has 0 unspecified atom stereocenters. The molecule has 92 valence electrons. The minimum absolute atomic E-state index is 0.00259. The minimum Gasteiger partial charge on any atom is -0.368 e. The molecule has 16 heavy (non-hydrogen) atoms. The molecule has 1 saturated carbocycles. The fraction of sp³-hybridized carbons (Fsp3) is 0.833. The standard InChI is InChI=1S/C12H22N2O2/c1-8(2)10(11(13)15)14-12(16)9-6-4-3-5-7-9/h8-10H,3-7H2,1-2H3,(H2,13,15)(H,14,16)/t10-/m1/s1. The van der Waals surface area contributed by atoms with Crippen molar-refractivity contribution in [2.45, 2.75) is 52.0 Å². The molecule has 0 bridgehead atoms. The van der Waals surface area contributed by atoms with Crippen LogP contribution in [0.3, 0.4) is 0 Å². The van der Waals surface area contributed by atoms with E-state index in [1.807, 2.05) is 13.8 Å². The van der Waals surface area contributed by atoms with Crippen LogP contribution >= 0.6 is 0 Å². The second-order valence-corrected chi connectivity index (χ2v) is 4.97. The number of carbonyl (C=O) groups excluding carboxylic acids is 2. The maximum absolute atomic E-state index is 11.9. The predicted molar refractivity (Wildman–Crippen MR) is 62.5 cm³/mol. The van der Waals surface area contributed by atoms with E-state index in [4.69, 9.17) is 5.73 Å². The molecule has 1 fully saturated rings. The molecule has 3 N–H and O–H groups in total. The average molecular weight is 226 g/mol. The van der Waals surface area contributed by atoms with Gasteiger partial charge >= 0.3 is 0 Å². The van der Waals surface area contributed by atoms with Gasteiger partial charge in [-0.1, -0.05) is 33.1 Å². The van der Waals surface area contributed by atoms with Crippen molar-refractivity contribution in [3.8, 4) is 0 Å². The first-order valence-electron chi connectivity index (χ1n) is 6.12. The third kappa shape index (κ3) is 3.51. The van der Waals surface area contributed by atoms with Crippen molar-refractivity contribution < 1.29 is 9.59 Å². The smallest absolute Gasteiger partial charge is 0.240 e. The zero-order valence-corrected chi connectivity index (χ0v) is 10.2. The van der Waals surface area contributed by atoms with Gasteiger partial charge in [0, 0.05) is 5.92 Å². The van der Waals surface area contributed by atoms with Gasteiger partial charge in [0.2, 0.25) is 11.8 Å². The molecule has 0 aromatic rings. The number of primary amides is 1. The predicted octanol–water partition coefficient (Wildman–Crippen LogP) is 1.19. The Kier molecular flexibility index (Phi) is 4.77. The Balaban J connectivity index is 2.50. The molecule has 2 amide bonds. The van der Waals surface area contributed by atoms with Gasteiger partial charge in [-0.25, -0.2) is 0 Å². The number of hydrogen-bond acceptors (Lipinski definition) is 2. The molecule has 1 rings (SSSR count). The summed E-state index contributed by atoms with van der Waals surface area (Å²) in [4.78, 5) is 23.1. The van der Waals surface area contributed by atoms with Crippen LogP contribution in [0, 0.1) is 11.8 Å². The maximum atomic E-state index is 11.9. The normalized spacial score (nSPS) is 19.4. The number of nitrogens with two attached hydrogens (primary N) is 1. The van der Waals surface area contributed by atoms with E-state index in [0.29, 0.717) is 0 Å². The van der Waals surface area contributed by atoms with Gasteiger partial charge in [-0.3, -0.25) is 9.59 Å². The van der Waals surface area contributed by atoms with Crippen molar-refractivity contribution in [1.82, 2.24) is 5.32 Å². The van der Waals surface area contributed by atoms with Crippen molar-refractivity contribution in [2.24, 2.45) is 17.6 Å². The topological polar surface area (TPSA) is 72.2 Å². The highest BCUT2D eigenvalue weighted by atomic mass is 16.2. The minimum atomic E-state index is -0.533. The van der Waals surface area contributed by atoms with Crippen LogP contribution in [-0.4, -0.2) is 17.9 Å². The van der Waals surface area contributed by atoms with E-state index >= 15 is 0 Å². The summed E-state index contributed by atoms with van der Waals surface area (Å²) in [5.41, 5.74) is 5.26. The van der Waals surface area contributed by atoms with Crippen LogP contribution in [0.4, 0.5) is 0 Å². The number of nitrogens with one attached hydrogen (secondary N) is 1. The molecule has 1 aliphatic carbocycles. The molecule has 4 nitrogen and oxygen atoms in total. The number of rotatable bonds is 4. The molecular weight excluding hydrogens is 204 g/mol. The zero-order chi connectivity index (χ0) is 12.1. The SMILES string of the molecule is CC(C)[C@@H](NC(=O)C1CCCCC1)C(N)=O. The number of carbonyl (C=O) groups is 2. The van der Waals surface area contributed by atoms with Gasteiger partial charge in [0.05, 0.1) is 0 Å². The molecule has 0 heterocycles. The summed E-state index contributed by atoms with van der Waals surface area (Å²) in [6.07, 6.45) is 5.32. The summed E-state index contributed by atoms with van der Waals surface area (Å²) >= 11 is 0. The van der Waals surface area contributed by atoms with Crippen LogP contribution in [0.1, 0.15) is 46.0 Å². The lowest BCUT2D eigenvalue weighted by Crippen LogP contribution is -2.49. The highest BCUT2D eigenvalue weighted by Crippen LogP contribution is 2.23. The maximum Gasteiger partial charge on any atom is 0.240 e. The van der Waals surface area contributed by atoms with E-state index < -0.39 is 11.9 Å². The van der Waals surface area contributed by atoms with Gasteiger partial charge in [-0.05, 0) is 18.8 Å². The summed E-state index contributed by atoms with van der Waals surface area (Å²) < 4.78 is 0. The fourth-order valence-electron chi connectivity index (χ4n) is 2.20. The van der Waals surface area contributed by atoms with Crippen molar-refractivity contribution in [2.75, 3.05) is 0 Å². The summed E-state index contributed by atoms with van der Waals surface area (Å²) in [5, 5.41) is 2.77. The van der Waals surface area contributed by atoms with Crippen LogP contribution in [0.15, 0.2) is 0 Å². The molecular formula is C12H22N2O2. The Morgan fingerprint density at radius 1 is 1.19 bits per heavy atom. The number of hydrogen-bond donors (Lipinski definition) is 2. The van der Waals surface area contributed by atoms with Crippen molar-refractivity contribution in [3.63, 3.8) is 0 Å². The fourth-order valence-corrected chi connectivity index (χ4v) is 2.20. The highest BCUT2D eigenvalue weighted by Gasteiger charge is 2.26. The van der Waals surface area contributed by atoms with Crippen molar-refractivity contribution in [1.29, 1.82) is 0 Å². The Hall–Kier alpha value is -1.06. The molecule has 0 aromatic heterocycles. The molecule has 0 aromatic carbocycles. The lowest BCUT2D eigenvalue weighted by molar-refractivity contribution is -0.131. The molecule has 1 atom stereocenters. The van der Waals surface area contributed by atoms with E-state index in [2.05, 4.69) is 5.32 Å². The van der Waals surface area contributed by atoms with Gasteiger partial charge < -0.3 is 11.1 Å². The Bertz CT molecular complexity index is 258. The second kappa shape index (κ2) is 5.87. The van der Waals surface area contributed by atoms with Crippen LogP contribution in [0.25, 0.3) is 0 Å². The highest BCUT2D eigenvalue weighted by molar-refractivity contribution is 5.87. The van der Waals surface area contributed by atoms with Crippen molar-refractivity contribution >= 4 is 11.8 Å². The lowest BCUT2D eigenvalue weighted by atomic mass is 9.88. The largest absolute Gasteiger partial charge is 0.368 e. The molecule has 0 saturated heterocycles. The van der Waals surface area contributed by atoms with Gasteiger partial charge in [0.1, 0.15) is 6.04 Å². The van der Waals surface area contributed by atoms with E-state index in [1.165, 1.54) is 6.42 Å². The van der Waals surface area contributed by atoms with E-state index in [0.717, 1.165) is 25.7 Å². The Morgan fingerprint density at radius 3 is 2.19 bits per heavy atom. The molecule has 0 aliphatic heterocycles. The van der Waals surface area contributed by atoms with Gasteiger partial charge in [-0.15, -0.1) is 0 Å². The van der Waals surface area contributed by atoms with Crippen LogP contribution in [-0.2, 0) is 9.59 Å². The van der Waals surface area contributed by atoms with Gasteiger partial charge in [-0.2, -0.15) is 0 Å². The third-order valence-electron chi connectivity index (χ3n) is 3.25. The molecule has 1 aliphatic rings. The van der Waals surface area contributed by atoms with E-state index in [9.17, 15) is 9.59 Å². The van der Waals surface area contributed by atoms with Crippen molar-refractivity contribution in [3.05, 3.63) is 0 Å². The summed E-state index contributed by atoms with van der Waals surface area (Å²) in [6, 6.07) is -0.533. The lowest BCUT2D eigenvalue weighted by Gasteiger charge is -2.25. The average Bonchev–Trinajstić information content (AvgIpc) is 2.25. The van der Waals surface area contributed by atoms with Crippen LogP contribution < -0.4 is 11.1 Å². The van der Waals surface area contributed by atoms with Gasteiger partial charge in [0.25, 0.3) is 0 Å². The quantitative estimate of drug-likeness (QED) is 0.756. The van der Waals surface area contributed by atoms with Gasteiger partial charge in [0.15, 0.2) is 0 Å². The Labute approximate surface area is 97.0 Å². The van der Waals surface area contributed by atoms with Crippen LogP contribution in [0.5, 0.6) is 0 Å². The molecule has 0 spiro atoms. The monoisotopic (exact) mass is 226 g/mol. The van der Waals surface area contributed by atoms with E-state index in [-0.39, 0.29) is 17.7 Å². The zero-order valence-electron chi connectivity index (χ0n) is 10.2. The first kappa shape index (κ1) is 13.0. The second-order valence-electron chi connectivity index (χ2n) is 4.97. The number of amides is 2. The summed E-state index contributed by atoms with van der Waals surface area (Å²) in [5.74, 6) is -0.323. The molecule has 4 heteroatoms. The summed E-state index contributed by atoms with van der Waals surface area (Å²) in [6.45, 7) is 3.77. The Morgan fingerprint density at radius 2 is 1.75 bits per heavy atom. The van der Waals surface area contributed by atoms with Crippen LogP contribution in [0.2, 0.25) is 0 Å². The first-order valence-corrected chi connectivity index (χ1v) is 6.12. The summed E-state index contributed by atoms with van der Waals surface area (Å²) in [7, 11) is 0. The first-order chi connectivity index (χ1) is 7.52.